The summed E-state index contributed by atoms with van der Waals surface area (Å²) in [6.45, 7) is 1.73. The van der Waals surface area contributed by atoms with Crippen LogP contribution in [0.5, 0.6) is 0 Å². The predicted molar refractivity (Wildman–Crippen MR) is 152 cm³/mol. The summed E-state index contributed by atoms with van der Waals surface area (Å²) in [5.41, 5.74) is 3.44. The number of carbonyl (C=O) groups excluding carboxylic acids is 1. The van der Waals surface area contributed by atoms with Crippen molar-refractivity contribution in [2.24, 2.45) is 7.05 Å². The maximum Gasteiger partial charge on any atom is 0.295 e. The molecule has 5 rings (SSSR count). The van der Waals surface area contributed by atoms with Gasteiger partial charge in [0.25, 0.3) is 11.5 Å². The number of carbonyl (C=O) groups is 1. The predicted octanol–water partition coefficient (Wildman–Crippen LogP) is 5.54. The number of nitriles is 1. The Morgan fingerprint density at radius 3 is 2.21 bits per heavy atom. The molecular weight excluding hydrogens is 512 g/mol. The minimum Gasteiger partial charge on any atom is -0.315 e. The normalized spacial score (nSPS) is 11.3. The Morgan fingerprint density at radius 1 is 0.974 bits per heavy atom. The van der Waals surface area contributed by atoms with E-state index in [9.17, 15) is 14.9 Å². The number of aromatic nitrogens is 4. The third-order valence-electron chi connectivity index (χ3n) is 6.34. The van der Waals surface area contributed by atoms with E-state index in [0.29, 0.717) is 27.7 Å². The molecule has 0 bridgehead atoms. The van der Waals surface area contributed by atoms with Crippen LogP contribution in [0.2, 0.25) is 5.02 Å². The van der Waals surface area contributed by atoms with E-state index >= 15 is 0 Å². The number of anilines is 1. The van der Waals surface area contributed by atoms with Gasteiger partial charge in [-0.2, -0.15) is 10.4 Å². The first-order valence-electron chi connectivity index (χ1n) is 12.1. The van der Waals surface area contributed by atoms with Gasteiger partial charge in [-0.15, -0.1) is 0 Å². The standard InChI is InChI=1S/C30H23ClN6O2/c1-20-27(30(39)37(35(20)2)26-11-7-4-8-12-26)33-29(38)22(18-32)17-23-19-36(25-9-5-3-6-10-25)34-28(23)21-13-15-24(31)16-14-21/h3-17,19H,1-2H3,(H,33,38). The lowest BCUT2D eigenvalue weighted by atomic mass is 10.1. The molecule has 0 saturated heterocycles. The molecule has 0 fully saturated rings. The zero-order valence-electron chi connectivity index (χ0n) is 21.2. The Kier molecular flexibility index (Phi) is 7.00. The summed E-state index contributed by atoms with van der Waals surface area (Å²) in [7, 11) is 1.73. The lowest BCUT2D eigenvalue weighted by molar-refractivity contribution is -0.112. The monoisotopic (exact) mass is 534 g/mol. The fraction of sp³-hybridized carbons (Fsp3) is 0.0667. The van der Waals surface area contributed by atoms with Crippen molar-refractivity contribution >= 4 is 29.3 Å². The van der Waals surface area contributed by atoms with Crippen LogP contribution in [-0.4, -0.2) is 25.1 Å². The van der Waals surface area contributed by atoms with Crippen LogP contribution in [-0.2, 0) is 11.8 Å². The molecule has 192 valence electrons. The Hall–Kier alpha value is -5.13. The third kappa shape index (κ3) is 5.04. The smallest absolute Gasteiger partial charge is 0.295 e. The van der Waals surface area contributed by atoms with Crippen molar-refractivity contribution in [1.29, 1.82) is 5.26 Å². The minimum atomic E-state index is -0.696. The molecule has 39 heavy (non-hydrogen) atoms. The summed E-state index contributed by atoms with van der Waals surface area (Å²) in [5.74, 6) is -0.696. The highest BCUT2D eigenvalue weighted by molar-refractivity contribution is 6.30. The number of hydrogen-bond donors (Lipinski definition) is 1. The number of rotatable bonds is 6. The second kappa shape index (κ2) is 10.7. The van der Waals surface area contributed by atoms with Gasteiger partial charge in [-0.3, -0.25) is 14.3 Å². The number of benzene rings is 3. The molecule has 0 aliphatic rings. The van der Waals surface area contributed by atoms with E-state index in [-0.39, 0.29) is 11.3 Å². The van der Waals surface area contributed by atoms with Gasteiger partial charge in [0.15, 0.2) is 0 Å². The number of halogens is 1. The van der Waals surface area contributed by atoms with Crippen molar-refractivity contribution in [1.82, 2.24) is 19.1 Å². The van der Waals surface area contributed by atoms with Crippen molar-refractivity contribution in [2.75, 3.05) is 5.32 Å². The average molecular weight is 535 g/mol. The number of nitrogens with zero attached hydrogens (tertiary/aromatic N) is 5. The van der Waals surface area contributed by atoms with E-state index in [1.807, 2.05) is 66.7 Å². The van der Waals surface area contributed by atoms with Crippen LogP contribution in [0.15, 0.2) is 101 Å². The fourth-order valence-corrected chi connectivity index (χ4v) is 4.36. The molecule has 0 aliphatic heterocycles. The van der Waals surface area contributed by atoms with Gasteiger partial charge in [0, 0.05) is 29.4 Å². The van der Waals surface area contributed by atoms with Gasteiger partial charge in [-0.05, 0) is 49.4 Å². The van der Waals surface area contributed by atoms with Gasteiger partial charge < -0.3 is 5.32 Å². The highest BCUT2D eigenvalue weighted by Crippen LogP contribution is 2.27. The van der Waals surface area contributed by atoms with E-state index in [1.165, 1.54) is 10.8 Å². The number of nitrogens with one attached hydrogen (secondary N) is 1. The van der Waals surface area contributed by atoms with E-state index < -0.39 is 11.5 Å². The first kappa shape index (κ1) is 25.5. The molecule has 0 saturated carbocycles. The van der Waals surface area contributed by atoms with Crippen LogP contribution < -0.4 is 10.9 Å². The fourth-order valence-electron chi connectivity index (χ4n) is 4.24. The van der Waals surface area contributed by atoms with Crippen molar-refractivity contribution in [3.05, 3.63) is 123 Å². The van der Waals surface area contributed by atoms with Gasteiger partial charge in [0.1, 0.15) is 17.3 Å². The number of hydrogen-bond acceptors (Lipinski definition) is 4. The summed E-state index contributed by atoms with van der Waals surface area (Å²) >= 11 is 6.08. The quantitative estimate of drug-likeness (QED) is 0.228. The van der Waals surface area contributed by atoms with Crippen LogP contribution in [0.4, 0.5) is 5.69 Å². The molecule has 5 aromatic rings. The molecule has 8 nitrogen and oxygen atoms in total. The number of amides is 1. The molecule has 9 heteroatoms. The lowest BCUT2D eigenvalue weighted by Gasteiger charge is -2.07. The molecule has 0 atom stereocenters. The Balaban J connectivity index is 1.54. The second-order valence-corrected chi connectivity index (χ2v) is 9.22. The zero-order chi connectivity index (χ0) is 27.5. The summed E-state index contributed by atoms with van der Waals surface area (Å²) in [6, 6.07) is 27.7. The highest BCUT2D eigenvalue weighted by atomic mass is 35.5. The van der Waals surface area contributed by atoms with Crippen LogP contribution in [0, 0.1) is 18.3 Å². The lowest BCUT2D eigenvalue weighted by Crippen LogP contribution is -2.23. The largest absolute Gasteiger partial charge is 0.315 e. The maximum atomic E-state index is 13.3. The van der Waals surface area contributed by atoms with E-state index in [2.05, 4.69) is 5.32 Å². The number of para-hydroxylation sites is 2. The van der Waals surface area contributed by atoms with Gasteiger partial charge in [-0.25, -0.2) is 9.36 Å². The Morgan fingerprint density at radius 2 is 1.59 bits per heavy atom. The van der Waals surface area contributed by atoms with Crippen LogP contribution in [0.25, 0.3) is 28.7 Å². The van der Waals surface area contributed by atoms with Crippen molar-refractivity contribution in [3.63, 3.8) is 0 Å². The summed E-state index contributed by atoms with van der Waals surface area (Å²) in [6.07, 6.45) is 3.22. The van der Waals surface area contributed by atoms with Crippen molar-refractivity contribution in [2.45, 2.75) is 6.92 Å². The molecule has 0 spiro atoms. The SMILES string of the molecule is Cc1c(NC(=O)C(C#N)=Cc2cn(-c3ccccc3)nc2-c2ccc(Cl)cc2)c(=O)n(-c2ccccc2)n1C. The van der Waals surface area contributed by atoms with E-state index in [4.69, 9.17) is 16.7 Å². The molecule has 3 aromatic carbocycles. The minimum absolute atomic E-state index is 0.102. The zero-order valence-corrected chi connectivity index (χ0v) is 21.9. The van der Waals surface area contributed by atoms with Crippen LogP contribution in [0.1, 0.15) is 11.3 Å². The summed E-state index contributed by atoms with van der Waals surface area (Å²) in [5, 5.41) is 17.9. The molecule has 0 aliphatic carbocycles. The Bertz CT molecular complexity index is 1790. The highest BCUT2D eigenvalue weighted by Gasteiger charge is 2.21. The summed E-state index contributed by atoms with van der Waals surface area (Å²) in [4.78, 5) is 26.5. The van der Waals surface area contributed by atoms with Gasteiger partial charge in [0.05, 0.1) is 22.8 Å². The molecule has 2 heterocycles. The first-order valence-corrected chi connectivity index (χ1v) is 12.4. The topological polar surface area (TPSA) is 97.6 Å². The first-order chi connectivity index (χ1) is 18.9. The van der Waals surface area contributed by atoms with Crippen molar-refractivity contribution < 1.29 is 4.79 Å². The third-order valence-corrected chi connectivity index (χ3v) is 6.59. The van der Waals surface area contributed by atoms with Gasteiger partial charge >= 0.3 is 0 Å². The molecule has 1 amide bonds. The maximum absolute atomic E-state index is 13.3. The van der Waals surface area contributed by atoms with Gasteiger partial charge in [0.2, 0.25) is 0 Å². The molecule has 0 radical (unpaired) electrons. The van der Waals surface area contributed by atoms with E-state index in [0.717, 1.165) is 11.3 Å². The molecule has 1 N–H and O–H groups in total. The van der Waals surface area contributed by atoms with E-state index in [1.54, 1.807) is 53.8 Å². The molecule has 2 aromatic heterocycles. The van der Waals surface area contributed by atoms with Gasteiger partial charge in [-0.1, -0.05) is 60.1 Å². The average Bonchev–Trinajstić information content (AvgIpc) is 3.47. The Labute approximate surface area is 229 Å². The van der Waals surface area contributed by atoms with Crippen molar-refractivity contribution in [3.8, 4) is 28.7 Å². The second-order valence-electron chi connectivity index (χ2n) is 8.78. The molecule has 0 unspecified atom stereocenters. The van der Waals surface area contributed by atoms with Crippen LogP contribution in [0.3, 0.4) is 0 Å². The molecular formula is C30H23ClN6O2. The van der Waals surface area contributed by atoms with Crippen LogP contribution >= 0.6 is 11.6 Å². The summed E-state index contributed by atoms with van der Waals surface area (Å²) < 4.78 is 4.80.